The lowest BCUT2D eigenvalue weighted by Crippen LogP contribution is -1.94. The van der Waals surface area contributed by atoms with Gasteiger partial charge in [0.1, 0.15) is 6.42 Å². The van der Waals surface area contributed by atoms with Crippen LogP contribution in [0.15, 0.2) is 18.2 Å². The van der Waals surface area contributed by atoms with Crippen molar-refractivity contribution in [1.82, 2.24) is 0 Å². The molecule has 0 bridgehead atoms. The zero-order valence-corrected chi connectivity index (χ0v) is 9.20. The summed E-state index contributed by atoms with van der Waals surface area (Å²) >= 11 is 0. The number of carboxylic acid groups (broad SMARTS) is 1. The lowest BCUT2D eigenvalue weighted by molar-refractivity contribution is -0.135. The van der Waals surface area contributed by atoms with Crippen molar-refractivity contribution >= 4 is 11.8 Å². The summed E-state index contributed by atoms with van der Waals surface area (Å²) in [5.41, 5.74) is 2.28. The lowest BCUT2D eigenvalue weighted by Gasteiger charge is -2.00. The molecule has 16 heavy (non-hydrogen) atoms. The molecule has 0 saturated heterocycles. The fraction of sp³-hybridized carbons (Fsp3) is 0.231. The smallest absolute Gasteiger partial charge is 0.315 e. The van der Waals surface area contributed by atoms with Crippen molar-refractivity contribution in [2.75, 3.05) is 0 Å². The average molecular weight is 216 g/mol. The molecule has 0 amide bonds. The van der Waals surface area contributed by atoms with Gasteiger partial charge < -0.3 is 5.11 Å². The van der Waals surface area contributed by atoms with Crippen molar-refractivity contribution in [2.45, 2.75) is 20.3 Å². The van der Waals surface area contributed by atoms with E-state index < -0.39 is 5.97 Å². The zero-order chi connectivity index (χ0) is 12.1. The Labute approximate surface area is 94.1 Å². The van der Waals surface area contributed by atoms with E-state index >= 15 is 0 Å². The van der Waals surface area contributed by atoms with Gasteiger partial charge in [-0.2, -0.15) is 0 Å². The molecule has 0 unspecified atom stereocenters. The standard InChI is InChI=1S/C13H12O3/c1-9-8-12(10(2)14)7-6-11(9)4-3-5-13(15)16/h6-8H,5H2,1-2H3,(H,15,16). The first-order chi connectivity index (χ1) is 7.50. The third-order valence-corrected chi connectivity index (χ3v) is 2.10. The van der Waals surface area contributed by atoms with E-state index in [4.69, 9.17) is 5.11 Å². The van der Waals surface area contributed by atoms with Gasteiger partial charge in [-0.15, -0.1) is 0 Å². The van der Waals surface area contributed by atoms with Crippen molar-refractivity contribution in [3.8, 4) is 11.8 Å². The highest BCUT2D eigenvalue weighted by molar-refractivity contribution is 5.94. The first-order valence-electron chi connectivity index (χ1n) is 4.83. The van der Waals surface area contributed by atoms with E-state index in [1.165, 1.54) is 6.92 Å². The summed E-state index contributed by atoms with van der Waals surface area (Å²) in [6.45, 7) is 3.35. The predicted molar refractivity (Wildman–Crippen MR) is 60.3 cm³/mol. The summed E-state index contributed by atoms with van der Waals surface area (Å²) in [6, 6.07) is 5.19. The van der Waals surface area contributed by atoms with E-state index in [0.29, 0.717) is 5.56 Å². The van der Waals surface area contributed by atoms with Crippen LogP contribution in [0.5, 0.6) is 0 Å². The second-order valence-corrected chi connectivity index (χ2v) is 3.46. The van der Waals surface area contributed by atoms with Crippen LogP contribution < -0.4 is 0 Å². The number of ketones is 1. The Morgan fingerprint density at radius 3 is 2.56 bits per heavy atom. The van der Waals surface area contributed by atoms with Crippen LogP contribution in [-0.2, 0) is 4.79 Å². The third kappa shape index (κ3) is 3.25. The molecule has 3 heteroatoms. The van der Waals surface area contributed by atoms with Gasteiger partial charge in [-0.05, 0) is 31.5 Å². The molecular formula is C13H12O3. The number of hydrogen-bond donors (Lipinski definition) is 1. The number of aliphatic carboxylic acids is 1. The second kappa shape index (κ2) is 5.13. The lowest BCUT2D eigenvalue weighted by atomic mass is 10.0. The molecule has 0 aromatic heterocycles. The average Bonchev–Trinajstić information content (AvgIpc) is 2.19. The van der Waals surface area contributed by atoms with Crippen LogP contribution in [0.2, 0.25) is 0 Å². The Morgan fingerprint density at radius 2 is 2.06 bits per heavy atom. The van der Waals surface area contributed by atoms with Crippen molar-refractivity contribution in [1.29, 1.82) is 0 Å². The van der Waals surface area contributed by atoms with E-state index in [1.807, 2.05) is 6.92 Å². The number of carbonyl (C=O) groups is 2. The molecule has 0 aliphatic carbocycles. The summed E-state index contributed by atoms with van der Waals surface area (Å²) < 4.78 is 0. The van der Waals surface area contributed by atoms with Gasteiger partial charge in [-0.1, -0.05) is 17.9 Å². The largest absolute Gasteiger partial charge is 0.481 e. The van der Waals surface area contributed by atoms with Gasteiger partial charge in [-0.3, -0.25) is 9.59 Å². The maximum Gasteiger partial charge on any atom is 0.315 e. The number of rotatable bonds is 2. The molecule has 3 nitrogen and oxygen atoms in total. The number of hydrogen-bond acceptors (Lipinski definition) is 2. The molecule has 0 radical (unpaired) electrons. The minimum Gasteiger partial charge on any atom is -0.481 e. The van der Waals surface area contributed by atoms with Gasteiger partial charge in [0.05, 0.1) is 0 Å². The van der Waals surface area contributed by atoms with Gasteiger partial charge in [0.15, 0.2) is 5.78 Å². The Kier molecular flexibility index (Phi) is 3.84. The highest BCUT2D eigenvalue weighted by atomic mass is 16.4. The van der Waals surface area contributed by atoms with Crippen LogP contribution in [0, 0.1) is 18.8 Å². The summed E-state index contributed by atoms with van der Waals surface area (Å²) in [5, 5.41) is 8.43. The maximum absolute atomic E-state index is 11.1. The van der Waals surface area contributed by atoms with E-state index in [9.17, 15) is 9.59 Å². The molecule has 1 aromatic rings. The first kappa shape index (κ1) is 12.0. The van der Waals surface area contributed by atoms with Crippen LogP contribution in [0.4, 0.5) is 0 Å². The normalized spacial score (nSPS) is 9.12. The second-order valence-electron chi connectivity index (χ2n) is 3.46. The van der Waals surface area contributed by atoms with E-state index in [1.54, 1.807) is 18.2 Å². The predicted octanol–water partition coefficient (Wildman–Crippen LogP) is 2.02. The Morgan fingerprint density at radius 1 is 1.38 bits per heavy atom. The topological polar surface area (TPSA) is 54.4 Å². The summed E-state index contributed by atoms with van der Waals surface area (Å²) in [6.07, 6.45) is -0.173. The Bertz CT molecular complexity index is 490. The van der Waals surface area contributed by atoms with Crippen molar-refractivity contribution in [2.24, 2.45) is 0 Å². The van der Waals surface area contributed by atoms with Gasteiger partial charge in [0.2, 0.25) is 0 Å². The van der Waals surface area contributed by atoms with Gasteiger partial charge in [0, 0.05) is 11.1 Å². The molecule has 1 rings (SSSR count). The molecule has 0 spiro atoms. The minimum atomic E-state index is -0.939. The van der Waals surface area contributed by atoms with Crippen molar-refractivity contribution in [3.63, 3.8) is 0 Å². The maximum atomic E-state index is 11.1. The zero-order valence-electron chi connectivity index (χ0n) is 9.20. The summed E-state index contributed by atoms with van der Waals surface area (Å²) in [4.78, 5) is 21.4. The van der Waals surface area contributed by atoms with Crippen LogP contribution in [0.3, 0.4) is 0 Å². The number of benzene rings is 1. The van der Waals surface area contributed by atoms with Crippen LogP contribution in [0.25, 0.3) is 0 Å². The molecule has 1 N–H and O–H groups in total. The SMILES string of the molecule is CC(=O)c1ccc(C#CCC(=O)O)c(C)c1. The van der Waals surface area contributed by atoms with E-state index in [2.05, 4.69) is 11.8 Å². The summed E-state index contributed by atoms with van der Waals surface area (Å²) in [7, 11) is 0. The number of carboxylic acids is 1. The third-order valence-electron chi connectivity index (χ3n) is 2.10. The molecule has 0 heterocycles. The minimum absolute atomic E-state index is 0.00754. The van der Waals surface area contributed by atoms with E-state index in [0.717, 1.165) is 11.1 Å². The molecule has 0 saturated carbocycles. The molecule has 82 valence electrons. The van der Waals surface area contributed by atoms with Crippen LogP contribution >= 0.6 is 0 Å². The first-order valence-corrected chi connectivity index (χ1v) is 4.83. The fourth-order valence-electron chi connectivity index (χ4n) is 1.24. The number of Topliss-reactive ketones (excluding diaryl/α,β-unsaturated/α-hetero) is 1. The van der Waals surface area contributed by atoms with Crippen LogP contribution in [0.1, 0.15) is 34.8 Å². The van der Waals surface area contributed by atoms with Gasteiger partial charge in [-0.25, -0.2) is 0 Å². The summed E-state index contributed by atoms with van der Waals surface area (Å²) in [5.74, 6) is 4.39. The number of aryl methyl sites for hydroxylation is 1. The van der Waals surface area contributed by atoms with Crippen molar-refractivity contribution < 1.29 is 14.7 Å². The fourth-order valence-corrected chi connectivity index (χ4v) is 1.24. The van der Waals surface area contributed by atoms with E-state index in [-0.39, 0.29) is 12.2 Å². The van der Waals surface area contributed by atoms with Crippen LogP contribution in [-0.4, -0.2) is 16.9 Å². The Balaban J connectivity index is 2.94. The molecule has 0 fully saturated rings. The molecule has 0 aliphatic heterocycles. The molecule has 0 aliphatic rings. The van der Waals surface area contributed by atoms with Gasteiger partial charge >= 0.3 is 5.97 Å². The highest BCUT2D eigenvalue weighted by Gasteiger charge is 2.01. The highest BCUT2D eigenvalue weighted by Crippen LogP contribution is 2.10. The number of carbonyl (C=O) groups excluding carboxylic acids is 1. The molecule has 0 atom stereocenters. The molecule has 1 aromatic carbocycles. The van der Waals surface area contributed by atoms with Gasteiger partial charge in [0.25, 0.3) is 0 Å². The quantitative estimate of drug-likeness (QED) is 0.607. The monoisotopic (exact) mass is 216 g/mol. The Hall–Kier alpha value is -2.08. The molecular weight excluding hydrogens is 204 g/mol. The van der Waals surface area contributed by atoms with Crippen molar-refractivity contribution in [3.05, 3.63) is 34.9 Å².